The Labute approximate surface area is 119 Å². The van der Waals surface area contributed by atoms with Gasteiger partial charge in [-0.2, -0.15) is 5.10 Å². The molecule has 1 N–H and O–H groups in total. The molecule has 0 radical (unpaired) electrons. The van der Waals surface area contributed by atoms with Gasteiger partial charge >= 0.3 is 0 Å². The Balaban J connectivity index is 1.76. The van der Waals surface area contributed by atoms with Gasteiger partial charge in [-0.15, -0.1) is 0 Å². The second kappa shape index (κ2) is 5.23. The van der Waals surface area contributed by atoms with Crippen molar-refractivity contribution >= 4 is 5.82 Å². The standard InChI is InChI=1S/C15H21N5/c1-10-7-15(19-11(2)18-10)16-9-14-13(8-17-20(14)3)12-5-4-6-12/h7-8,12H,4-6,9H2,1-3H3,(H,16,18,19). The molecule has 1 aliphatic rings. The lowest BCUT2D eigenvalue weighted by Gasteiger charge is -2.25. The summed E-state index contributed by atoms with van der Waals surface area (Å²) < 4.78 is 1.97. The molecular formula is C15H21N5. The first-order chi connectivity index (χ1) is 9.63. The van der Waals surface area contributed by atoms with Crippen LogP contribution < -0.4 is 5.32 Å². The molecule has 1 fully saturated rings. The summed E-state index contributed by atoms with van der Waals surface area (Å²) in [7, 11) is 2.01. The smallest absolute Gasteiger partial charge is 0.130 e. The second-order valence-electron chi connectivity index (χ2n) is 5.59. The molecule has 5 nitrogen and oxygen atoms in total. The Kier molecular flexibility index (Phi) is 3.42. The molecular weight excluding hydrogens is 250 g/mol. The van der Waals surface area contributed by atoms with Crippen molar-refractivity contribution in [3.63, 3.8) is 0 Å². The first kappa shape index (κ1) is 13.1. The molecule has 3 rings (SSSR count). The summed E-state index contributed by atoms with van der Waals surface area (Å²) in [6, 6.07) is 1.98. The van der Waals surface area contributed by atoms with E-state index in [2.05, 4.69) is 20.4 Å². The van der Waals surface area contributed by atoms with Crippen LogP contribution in [0.5, 0.6) is 0 Å². The van der Waals surface area contributed by atoms with Gasteiger partial charge in [0.2, 0.25) is 0 Å². The van der Waals surface area contributed by atoms with Crippen molar-refractivity contribution in [3.8, 4) is 0 Å². The number of hydrogen-bond acceptors (Lipinski definition) is 4. The first-order valence-corrected chi connectivity index (χ1v) is 7.20. The highest BCUT2D eigenvalue weighted by atomic mass is 15.3. The molecule has 0 atom stereocenters. The van der Waals surface area contributed by atoms with E-state index < -0.39 is 0 Å². The normalized spacial score (nSPS) is 15.2. The van der Waals surface area contributed by atoms with E-state index >= 15 is 0 Å². The molecule has 1 saturated carbocycles. The van der Waals surface area contributed by atoms with E-state index in [-0.39, 0.29) is 0 Å². The van der Waals surface area contributed by atoms with Gasteiger partial charge in [-0.05, 0) is 38.2 Å². The molecule has 0 aromatic carbocycles. The summed E-state index contributed by atoms with van der Waals surface area (Å²) in [6.45, 7) is 4.67. The van der Waals surface area contributed by atoms with E-state index in [1.807, 2.05) is 37.8 Å². The molecule has 0 unspecified atom stereocenters. The number of nitrogens with zero attached hydrogens (tertiary/aromatic N) is 4. The molecule has 2 heterocycles. The topological polar surface area (TPSA) is 55.6 Å². The van der Waals surface area contributed by atoms with Crippen LogP contribution in [-0.2, 0) is 13.6 Å². The zero-order valence-electron chi connectivity index (χ0n) is 12.3. The summed E-state index contributed by atoms with van der Waals surface area (Å²) in [5, 5.41) is 7.81. The fraction of sp³-hybridized carbons (Fsp3) is 0.533. The molecule has 0 amide bonds. The minimum atomic E-state index is 0.703. The van der Waals surface area contributed by atoms with Crippen molar-refractivity contribution in [1.82, 2.24) is 19.7 Å². The number of aryl methyl sites for hydroxylation is 3. The van der Waals surface area contributed by atoms with Gasteiger partial charge in [-0.1, -0.05) is 6.42 Å². The Bertz CT molecular complexity index is 592. The Morgan fingerprint density at radius 2 is 2.10 bits per heavy atom. The zero-order valence-corrected chi connectivity index (χ0v) is 12.3. The molecule has 20 heavy (non-hydrogen) atoms. The lowest BCUT2D eigenvalue weighted by molar-refractivity contribution is 0.417. The average molecular weight is 271 g/mol. The van der Waals surface area contributed by atoms with Gasteiger partial charge in [0.05, 0.1) is 18.4 Å². The Morgan fingerprint density at radius 3 is 2.75 bits per heavy atom. The predicted octanol–water partition coefficient (Wildman–Crippen LogP) is 2.71. The monoisotopic (exact) mass is 271 g/mol. The second-order valence-corrected chi connectivity index (χ2v) is 5.59. The van der Waals surface area contributed by atoms with Crippen LogP contribution in [0.4, 0.5) is 5.82 Å². The predicted molar refractivity (Wildman–Crippen MR) is 78.6 cm³/mol. The molecule has 0 bridgehead atoms. The first-order valence-electron chi connectivity index (χ1n) is 7.20. The van der Waals surface area contributed by atoms with E-state index in [1.165, 1.54) is 30.5 Å². The molecule has 2 aromatic heterocycles. The number of rotatable bonds is 4. The summed E-state index contributed by atoms with van der Waals surface area (Å²) in [5.74, 6) is 2.39. The van der Waals surface area contributed by atoms with Crippen molar-refractivity contribution in [2.45, 2.75) is 45.6 Å². The maximum atomic E-state index is 4.42. The van der Waals surface area contributed by atoms with Gasteiger partial charge in [0, 0.05) is 18.8 Å². The fourth-order valence-electron chi connectivity index (χ4n) is 2.74. The van der Waals surface area contributed by atoms with Gasteiger partial charge in [0.15, 0.2) is 0 Å². The third kappa shape index (κ3) is 2.53. The number of aromatic nitrogens is 4. The summed E-state index contributed by atoms with van der Waals surface area (Å²) in [6.07, 6.45) is 5.96. The fourth-order valence-corrected chi connectivity index (χ4v) is 2.74. The van der Waals surface area contributed by atoms with Crippen LogP contribution in [0.15, 0.2) is 12.3 Å². The van der Waals surface area contributed by atoms with Crippen LogP contribution in [0.2, 0.25) is 0 Å². The molecule has 0 spiro atoms. The third-order valence-corrected chi connectivity index (χ3v) is 4.04. The van der Waals surface area contributed by atoms with Crippen LogP contribution in [0.25, 0.3) is 0 Å². The zero-order chi connectivity index (χ0) is 14.1. The quantitative estimate of drug-likeness (QED) is 0.929. The van der Waals surface area contributed by atoms with Crippen LogP contribution >= 0.6 is 0 Å². The minimum Gasteiger partial charge on any atom is -0.364 e. The highest BCUT2D eigenvalue weighted by Crippen LogP contribution is 2.37. The van der Waals surface area contributed by atoms with Crippen LogP contribution in [0.3, 0.4) is 0 Å². The van der Waals surface area contributed by atoms with E-state index in [0.29, 0.717) is 5.92 Å². The van der Waals surface area contributed by atoms with Crippen molar-refractivity contribution in [1.29, 1.82) is 0 Å². The average Bonchev–Trinajstić information content (AvgIpc) is 2.65. The SMILES string of the molecule is Cc1cc(NCc2c(C3CCC3)cnn2C)nc(C)n1. The van der Waals surface area contributed by atoms with Crippen LogP contribution in [0, 0.1) is 13.8 Å². The third-order valence-electron chi connectivity index (χ3n) is 4.04. The van der Waals surface area contributed by atoms with Crippen molar-refractivity contribution < 1.29 is 0 Å². The summed E-state index contributed by atoms with van der Waals surface area (Å²) in [5.41, 5.74) is 3.65. The van der Waals surface area contributed by atoms with Gasteiger partial charge in [-0.3, -0.25) is 4.68 Å². The van der Waals surface area contributed by atoms with Crippen molar-refractivity contribution in [3.05, 3.63) is 35.0 Å². The van der Waals surface area contributed by atoms with Crippen molar-refractivity contribution in [2.24, 2.45) is 7.05 Å². The number of anilines is 1. The maximum absolute atomic E-state index is 4.42. The number of hydrogen-bond donors (Lipinski definition) is 1. The Morgan fingerprint density at radius 1 is 1.30 bits per heavy atom. The highest BCUT2D eigenvalue weighted by Gasteiger charge is 2.24. The maximum Gasteiger partial charge on any atom is 0.130 e. The van der Waals surface area contributed by atoms with Gasteiger partial charge in [0.1, 0.15) is 11.6 Å². The van der Waals surface area contributed by atoms with Gasteiger partial charge < -0.3 is 5.32 Å². The van der Waals surface area contributed by atoms with Crippen molar-refractivity contribution in [2.75, 3.05) is 5.32 Å². The molecule has 2 aromatic rings. The molecule has 1 aliphatic carbocycles. The molecule has 0 saturated heterocycles. The van der Waals surface area contributed by atoms with Gasteiger partial charge in [-0.25, -0.2) is 9.97 Å². The highest BCUT2D eigenvalue weighted by molar-refractivity contribution is 5.37. The van der Waals surface area contributed by atoms with E-state index in [4.69, 9.17) is 0 Å². The van der Waals surface area contributed by atoms with E-state index in [0.717, 1.165) is 23.9 Å². The molecule has 5 heteroatoms. The summed E-state index contributed by atoms with van der Waals surface area (Å²) in [4.78, 5) is 8.72. The number of nitrogens with one attached hydrogen (secondary N) is 1. The van der Waals surface area contributed by atoms with E-state index in [1.54, 1.807) is 0 Å². The van der Waals surface area contributed by atoms with Gasteiger partial charge in [0.25, 0.3) is 0 Å². The van der Waals surface area contributed by atoms with Crippen LogP contribution in [0.1, 0.15) is 48.0 Å². The minimum absolute atomic E-state index is 0.703. The lowest BCUT2D eigenvalue weighted by Crippen LogP contribution is -2.14. The largest absolute Gasteiger partial charge is 0.364 e. The molecule has 106 valence electrons. The van der Waals surface area contributed by atoms with Crippen LogP contribution in [-0.4, -0.2) is 19.7 Å². The molecule has 0 aliphatic heterocycles. The van der Waals surface area contributed by atoms with E-state index in [9.17, 15) is 0 Å². The Hall–Kier alpha value is -1.91. The summed E-state index contributed by atoms with van der Waals surface area (Å²) >= 11 is 0. The lowest BCUT2D eigenvalue weighted by atomic mass is 9.80.